The van der Waals surface area contributed by atoms with E-state index in [4.69, 9.17) is 5.11 Å². The van der Waals surface area contributed by atoms with E-state index >= 15 is 0 Å². The van der Waals surface area contributed by atoms with Gasteiger partial charge in [0.15, 0.2) is 6.10 Å². The highest BCUT2D eigenvalue weighted by atomic mass is 19.1. The first-order valence-electron chi connectivity index (χ1n) is 4.54. The summed E-state index contributed by atoms with van der Waals surface area (Å²) in [7, 11) is 0. The number of amides is 1. The van der Waals surface area contributed by atoms with Crippen molar-refractivity contribution in [2.24, 2.45) is 0 Å². The van der Waals surface area contributed by atoms with Crippen molar-refractivity contribution in [2.75, 3.05) is 11.5 Å². The van der Waals surface area contributed by atoms with E-state index in [1.54, 1.807) is 30.3 Å². The number of carbonyl (C=O) groups is 1. The maximum atomic E-state index is 13.6. The predicted octanol–water partition coefficient (Wildman–Crippen LogP) is 1.30. The van der Waals surface area contributed by atoms with Crippen molar-refractivity contribution in [3.05, 3.63) is 30.3 Å². The van der Waals surface area contributed by atoms with Gasteiger partial charge in [0.2, 0.25) is 6.30 Å². The van der Waals surface area contributed by atoms with Crippen LogP contribution in [0, 0.1) is 0 Å². The van der Waals surface area contributed by atoms with Gasteiger partial charge in [0, 0.05) is 0 Å². The van der Waals surface area contributed by atoms with E-state index in [0.717, 1.165) is 4.90 Å². The number of aliphatic hydroxyl groups excluding tert-OH is 1. The Morgan fingerprint density at radius 2 is 2.07 bits per heavy atom. The molecule has 1 heterocycles. The Bertz CT molecular complexity index is 357. The Morgan fingerprint density at radius 1 is 1.40 bits per heavy atom. The summed E-state index contributed by atoms with van der Waals surface area (Å²) in [4.78, 5) is 12.2. The Kier molecular flexibility index (Phi) is 2.55. The zero-order valence-corrected chi connectivity index (χ0v) is 7.84. The molecule has 0 spiro atoms. The molecule has 1 amide bonds. The topological polar surface area (TPSA) is 49.8 Å². The van der Waals surface area contributed by atoms with Crippen molar-refractivity contribution in [1.29, 1.82) is 0 Å². The quantitative estimate of drug-likeness (QED) is 0.750. The summed E-state index contributed by atoms with van der Waals surface area (Å²) in [6.45, 7) is -0.518. The number of carbonyl (C=O) groups excluding carboxylic acids is 1. The Balaban J connectivity index is 2.27. The van der Waals surface area contributed by atoms with Crippen molar-refractivity contribution in [3.8, 4) is 0 Å². The fourth-order valence-corrected chi connectivity index (χ4v) is 1.47. The molecule has 2 atom stereocenters. The van der Waals surface area contributed by atoms with Crippen LogP contribution in [0.1, 0.15) is 0 Å². The monoisotopic (exact) mass is 211 g/mol. The van der Waals surface area contributed by atoms with Gasteiger partial charge in [0.25, 0.3) is 0 Å². The molecule has 4 nitrogen and oxygen atoms in total. The lowest BCUT2D eigenvalue weighted by atomic mass is 10.2. The third kappa shape index (κ3) is 1.66. The molecule has 2 unspecified atom stereocenters. The first-order valence-corrected chi connectivity index (χ1v) is 4.54. The van der Waals surface area contributed by atoms with Gasteiger partial charge in [-0.25, -0.2) is 14.1 Å². The number of anilines is 1. The fraction of sp³-hybridized carbons (Fsp3) is 0.300. The van der Waals surface area contributed by atoms with Crippen molar-refractivity contribution < 1.29 is 19.0 Å². The van der Waals surface area contributed by atoms with Gasteiger partial charge >= 0.3 is 6.09 Å². The van der Waals surface area contributed by atoms with Gasteiger partial charge in [-0.2, -0.15) is 0 Å². The van der Waals surface area contributed by atoms with E-state index in [1.807, 2.05) is 0 Å². The van der Waals surface area contributed by atoms with Crippen molar-refractivity contribution in [3.63, 3.8) is 0 Å². The first-order chi connectivity index (χ1) is 7.24. The lowest BCUT2D eigenvalue weighted by molar-refractivity contribution is 0.0569. The summed E-state index contributed by atoms with van der Waals surface area (Å²) in [6.07, 6.45) is -3.50. The number of hydrogen-bond acceptors (Lipinski definition) is 3. The average Bonchev–Trinajstić information content (AvgIpc) is 2.55. The van der Waals surface area contributed by atoms with Crippen LogP contribution in [0.15, 0.2) is 30.3 Å². The van der Waals surface area contributed by atoms with E-state index < -0.39 is 25.1 Å². The number of ether oxygens (including phenoxy) is 1. The van der Waals surface area contributed by atoms with Crippen LogP contribution in [-0.4, -0.2) is 30.2 Å². The van der Waals surface area contributed by atoms with Crippen LogP contribution in [-0.2, 0) is 4.74 Å². The highest BCUT2D eigenvalue weighted by Crippen LogP contribution is 2.27. The van der Waals surface area contributed by atoms with Crippen LogP contribution in [0.4, 0.5) is 14.9 Å². The average molecular weight is 211 g/mol. The molecule has 0 saturated carbocycles. The summed E-state index contributed by atoms with van der Waals surface area (Å²) >= 11 is 0. The molecule has 1 N–H and O–H groups in total. The van der Waals surface area contributed by atoms with Gasteiger partial charge in [0.05, 0.1) is 12.3 Å². The molecule has 1 aromatic rings. The molecule has 2 rings (SSSR count). The molecule has 0 aliphatic carbocycles. The third-order valence-corrected chi connectivity index (χ3v) is 2.22. The van der Waals surface area contributed by atoms with Crippen LogP contribution >= 0.6 is 0 Å². The van der Waals surface area contributed by atoms with Gasteiger partial charge in [0.1, 0.15) is 0 Å². The number of halogens is 1. The van der Waals surface area contributed by atoms with E-state index in [2.05, 4.69) is 4.74 Å². The number of cyclic esters (lactones) is 1. The van der Waals surface area contributed by atoms with Gasteiger partial charge in [-0.3, -0.25) is 0 Å². The predicted molar refractivity (Wildman–Crippen MR) is 51.2 cm³/mol. The van der Waals surface area contributed by atoms with Gasteiger partial charge < -0.3 is 9.84 Å². The van der Waals surface area contributed by atoms with Crippen LogP contribution in [0.2, 0.25) is 0 Å². The smallest absolute Gasteiger partial charge is 0.417 e. The van der Waals surface area contributed by atoms with Crippen molar-refractivity contribution >= 4 is 11.8 Å². The molecule has 15 heavy (non-hydrogen) atoms. The first kappa shape index (κ1) is 9.92. The lowest BCUT2D eigenvalue weighted by Crippen LogP contribution is -2.34. The summed E-state index contributed by atoms with van der Waals surface area (Å²) in [5.74, 6) is 0. The van der Waals surface area contributed by atoms with Crippen molar-refractivity contribution in [1.82, 2.24) is 0 Å². The Morgan fingerprint density at radius 3 is 2.60 bits per heavy atom. The summed E-state index contributed by atoms with van der Waals surface area (Å²) in [6, 6.07) is 8.37. The maximum absolute atomic E-state index is 13.6. The molecular formula is C10H10FNO3. The molecular weight excluding hydrogens is 201 g/mol. The summed E-state index contributed by atoms with van der Waals surface area (Å²) < 4.78 is 18.3. The summed E-state index contributed by atoms with van der Waals surface area (Å²) in [5.41, 5.74) is 0.422. The van der Waals surface area contributed by atoms with Crippen molar-refractivity contribution in [2.45, 2.75) is 12.4 Å². The molecule has 1 aliphatic rings. The SMILES string of the molecule is O=C1OC(CO)C(F)N1c1ccccc1. The highest BCUT2D eigenvalue weighted by molar-refractivity contribution is 5.90. The zero-order valence-electron chi connectivity index (χ0n) is 7.84. The molecule has 0 bridgehead atoms. The number of para-hydroxylation sites is 1. The highest BCUT2D eigenvalue weighted by Gasteiger charge is 2.42. The second kappa shape index (κ2) is 3.86. The van der Waals surface area contributed by atoms with E-state index in [1.165, 1.54) is 0 Å². The van der Waals surface area contributed by atoms with Crippen LogP contribution in [0.3, 0.4) is 0 Å². The van der Waals surface area contributed by atoms with Crippen LogP contribution in [0.5, 0.6) is 0 Å². The largest absolute Gasteiger partial charge is 0.438 e. The third-order valence-electron chi connectivity index (χ3n) is 2.22. The van der Waals surface area contributed by atoms with Gasteiger partial charge in [-0.15, -0.1) is 0 Å². The maximum Gasteiger partial charge on any atom is 0.417 e. The zero-order chi connectivity index (χ0) is 10.8. The summed E-state index contributed by atoms with van der Waals surface area (Å²) in [5, 5.41) is 8.78. The van der Waals surface area contributed by atoms with Crippen LogP contribution < -0.4 is 4.90 Å². The minimum Gasteiger partial charge on any atom is -0.438 e. The van der Waals surface area contributed by atoms with Gasteiger partial charge in [-0.05, 0) is 12.1 Å². The second-order valence-corrected chi connectivity index (χ2v) is 3.18. The minimum absolute atomic E-state index is 0.422. The number of rotatable bonds is 2. The molecule has 1 aliphatic heterocycles. The lowest BCUT2D eigenvalue weighted by Gasteiger charge is -2.16. The second-order valence-electron chi connectivity index (χ2n) is 3.18. The molecule has 0 aromatic heterocycles. The molecule has 1 fully saturated rings. The Labute approximate surface area is 85.9 Å². The fourth-order valence-electron chi connectivity index (χ4n) is 1.47. The van der Waals surface area contributed by atoms with E-state index in [-0.39, 0.29) is 0 Å². The van der Waals surface area contributed by atoms with E-state index in [9.17, 15) is 9.18 Å². The number of alkyl halides is 1. The molecule has 1 saturated heterocycles. The molecule has 5 heteroatoms. The van der Waals surface area contributed by atoms with Gasteiger partial charge in [-0.1, -0.05) is 18.2 Å². The molecule has 1 aromatic carbocycles. The normalized spacial score (nSPS) is 25.5. The molecule has 80 valence electrons. The number of nitrogens with zero attached hydrogens (tertiary/aromatic N) is 1. The standard InChI is InChI=1S/C10H10FNO3/c11-9-8(6-13)15-10(14)12(9)7-4-2-1-3-5-7/h1-5,8-9,13H,6H2. The molecule has 0 radical (unpaired) electrons. The number of hydrogen-bond donors (Lipinski definition) is 1. The van der Waals surface area contributed by atoms with E-state index in [0.29, 0.717) is 5.69 Å². The Hall–Kier alpha value is -1.62. The number of aliphatic hydroxyl groups is 1. The minimum atomic E-state index is -1.63. The van der Waals surface area contributed by atoms with Crippen LogP contribution in [0.25, 0.3) is 0 Å². The number of benzene rings is 1.